The van der Waals surface area contributed by atoms with Crippen molar-refractivity contribution >= 4 is 11.9 Å². The number of hydrogen-bond acceptors (Lipinski definition) is 3. The van der Waals surface area contributed by atoms with Gasteiger partial charge in [0.15, 0.2) is 5.78 Å². The maximum Gasteiger partial charge on any atom is 0.410 e. The number of ketones is 1. The summed E-state index contributed by atoms with van der Waals surface area (Å²) >= 11 is 0. The molecule has 1 heterocycles. The van der Waals surface area contributed by atoms with Gasteiger partial charge in [-0.3, -0.25) is 4.79 Å². The van der Waals surface area contributed by atoms with Gasteiger partial charge in [-0.05, 0) is 45.8 Å². The van der Waals surface area contributed by atoms with Crippen LogP contribution in [0.2, 0.25) is 0 Å². The molecule has 0 aromatic carbocycles. The van der Waals surface area contributed by atoms with Crippen LogP contribution in [0.25, 0.3) is 0 Å². The highest BCUT2D eigenvalue weighted by molar-refractivity contribution is 5.88. The minimum absolute atomic E-state index is 0.0476. The third kappa shape index (κ3) is 4.47. The number of amides is 1. The summed E-state index contributed by atoms with van der Waals surface area (Å²) in [4.78, 5) is 24.0. The number of ether oxygens (including phenoxy) is 1. The molecule has 18 heavy (non-hydrogen) atoms. The number of halogens is 1. The lowest BCUT2D eigenvalue weighted by Gasteiger charge is -2.32. The minimum atomic E-state index is -1.28. The molecule has 0 spiro atoms. The Bertz CT molecular complexity index is 371. The zero-order valence-corrected chi connectivity index (χ0v) is 11.3. The van der Waals surface area contributed by atoms with Crippen molar-refractivity contribution in [2.75, 3.05) is 13.1 Å². The molecule has 0 bridgehead atoms. The van der Waals surface area contributed by atoms with Gasteiger partial charge >= 0.3 is 6.09 Å². The van der Waals surface area contributed by atoms with E-state index in [1.807, 2.05) is 0 Å². The Balaban J connectivity index is 2.61. The van der Waals surface area contributed by atoms with Gasteiger partial charge in [-0.15, -0.1) is 0 Å². The number of piperidine rings is 1. The van der Waals surface area contributed by atoms with E-state index in [0.717, 1.165) is 0 Å². The van der Waals surface area contributed by atoms with Crippen molar-refractivity contribution in [3.8, 4) is 0 Å². The summed E-state index contributed by atoms with van der Waals surface area (Å²) in [5.74, 6) is -0.168. The number of hydrogen-bond donors (Lipinski definition) is 0. The van der Waals surface area contributed by atoms with Crippen LogP contribution in [0.3, 0.4) is 0 Å². The van der Waals surface area contributed by atoms with Gasteiger partial charge in [-0.25, -0.2) is 9.18 Å². The molecule has 1 aliphatic rings. The number of nitrogens with zero attached hydrogens (tertiary/aromatic N) is 1. The van der Waals surface area contributed by atoms with E-state index in [1.165, 1.54) is 17.9 Å². The number of alkyl halides is 1. The monoisotopic (exact) mass is 257 g/mol. The third-order valence-electron chi connectivity index (χ3n) is 2.49. The number of allylic oxidation sites excluding steroid dienone is 1. The highest BCUT2D eigenvalue weighted by Crippen LogP contribution is 2.21. The van der Waals surface area contributed by atoms with Crippen LogP contribution >= 0.6 is 0 Å². The summed E-state index contributed by atoms with van der Waals surface area (Å²) in [6, 6.07) is 0. The summed E-state index contributed by atoms with van der Waals surface area (Å²) in [5, 5.41) is 0. The van der Waals surface area contributed by atoms with Crippen LogP contribution in [0, 0.1) is 0 Å². The molecule has 1 aliphatic heterocycles. The number of carbonyl (C=O) groups excluding carboxylic acids is 2. The molecule has 1 fully saturated rings. The highest BCUT2D eigenvalue weighted by Gasteiger charge is 2.30. The highest BCUT2D eigenvalue weighted by atomic mass is 19.1. The third-order valence-corrected chi connectivity index (χ3v) is 2.49. The first-order chi connectivity index (χ1) is 8.19. The molecule has 0 aromatic rings. The maximum atomic E-state index is 13.8. The first-order valence-corrected chi connectivity index (χ1v) is 6.02. The van der Waals surface area contributed by atoms with Gasteiger partial charge in [-0.1, -0.05) is 0 Å². The van der Waals surface area contributed by atoms with E-state index in [-0.39, 0.29) is 12.3 Å². The maximum absolute atomic E-state index is 13.8. The van der Waals surface area contributed by atoms with Crippen LogP contribution in [0.1, 0.15) is 34.1 Å². The van der Waals surface area contributed by atoms with Crippen LogP contribution in [0.15, 0.2) is 11.6 Å². The van der Waals surface area contributed by atoms with Crippen molar-refractivity contribution in [1.29, 1.82) is 0 Å². The van der Waals surface area contributed by atoms with Crippen molar-refractivity contribution in [2.24, 2.45) is 0 Å². The molecular formula is C13H20FNO3. The Labute approximate surface area is 107 Å². The van der Waals surface area contributed by atoms with Crippen molar-refractivity contribution in [1.82, 2.24) is 4.90 Å². The molecule has 0 saturated carbocycles. The number of rotatable bonds is 1. The van der Waals surface area contributed by atoms with E-state index in [9.17, 15) is 14.0 Å². The largest absolute Gasteiger partial charge is 0.444 e. The fraction of sp³-hybridized carbons (Fsp3) is 0.692. The molecule has 4 nitrogen and oxygen atoms in total. The van der Waals surface area contributed by atoms with Crippen LogP contribution in [0.4, 0.5) is 9.18 Å². The summed E-state index contributed by atoms with van der Waals surface area (Å²) < 4.78 is 19.0. The second-order valence-corrected chi connectivity index (χ2v) is 5.47. The standard InChI is InChI=1S/C13H20FNO3/c1-9(16)7-10-5-6-15(8-11(10)14)12(17)18-13(2,3)4/h7,11H,5-6,8H2,1-4H3/b10-7-. The average Bonchev–Trinajstić information content (AvgIpc) is 2.17. The van der Waals surface area contributed by atoms with E-state index in [2.05, 4.69) is 0 Å². The van der Waals surface area contributed by atoms with Gasteiger partial charge in [0.2, 0.25) is 0 Å². The Kier molecular flexibility index (Phi) is 4.48. The lowest BCUT2D eigenvalue weighted by molar-refractivity contribution is -0.112. The van der Waals surface area contributed by atoms with Crippen molar-refractivity contribution in [3.05, 3.63) is 11.6 Å². The van der Waals surface area contributed by atoms with Crippen LogP contribution in [0.5, 0.6) is 0 Å². The van der Waals surface area contributed by atoms with E-state index in [1.54, 1.807) is 20.8 Å². The second kappa shape index (κ2) is 5.50. The summed E-state index contributed by atoms with van der Waals surface area (Å²) in [6.07, 6.45) is -0.0981. The number of likely N-dealkylation sites (tertiary alicyclic amines) is 1. The predicted octanol–water partition coefficient (Wildman–Crippen LogP) is 2.48. The van der Waals surface area contributed by atoms with Crippen molar-refractivity contribution in [3.63, 3.8) is 0 Å². The molecule has 1 saturated heterocycles. The zero-order chi connectivity index (χ0) is 13.9. The molecule has 0 aromatic heterocycles. The Morgan fingerprint density at radius 1 is 1.44 bits per heavy atom. The minimum Gasteiger partial charge on any atom is -0.444 e. The van der Waals surface area contributed by atoms with Crippen LogP contribution in [-0.2, 0) is 9.53 Å². The lowest BCUT2D eigenvalue weighted by Crippen LogP contribution is -2.44. The van der Waals surface area contributed by atoms with Crippen LogP contribution in [-0.4, -0.2) is 41.6 Å². The summed E-state index contributed by atoms with van der Waals surface area (Å²) in [5.41, 5.74) is -0.124. The number of carbonyl (C=O) groups is 2. The zero-order valence-electron chi connectivity index (χ0n) is 11.3. The second-order valence-electron chi connectivity index (χ2n) is 5.47. The Hall–Kier alpha value is -1.39. The molecule has 0 aliphatic carbocycles. The molecule has 1 amide bonds. The quantitative estimate of drug-likeness (QED) is 0.678. The molecule has 0 N–H and O–H groups in total. The van der Waals surface area contributed by atoms with Gasteiger partial charge in [0, 0.05) is 6.54 Å². The van der Waals surface area contributed by atoms with Crippen LogP contribution < -0.4 is 0 Å². The molecule has 102 valence electrons. The molecule has 5 heteroatoms. The summed E-state index contributed by atoms with van der Waals surface area (Å²) in [6.45, 7) is 7.02. The van der Waals surface area contributed by atoms with Crippen molar-refractivity contribution < 1.29 is 18.7 Å². The first kappa shape index (κ1) is 14.7. The van der Waals surface area contributed by atoms with E-state index in [0.29, 0.717) is 18.5 Å². The van der Waals surface area contributed by atoms with E-state index < -0.39 is 17.9 Å². The fourth-order valence-electron chi connectivity index (χ4n) is 1.74. The smallest absolute Gasteiger partial charge is 0.410 e. The molecular weight excluding hydrogens is 237 g/mol. The molecule has 1 unspecified atom stereocenters. The summed E-state index contributed by atoms with van der Waals surface area (Å²) in [7, 11) is 0. The fourth-order valence-corrected chi connectivity index (χ4v) is 1.74. The lowest BCUT2D eigenvalue weighted by atomic mass is 10.0. The van der Waals surface area contributed by atoms with Gasteiger partial charge in [0.05, 0.1) is 6.54 Å². The van der Waals surface area contributed by atoms with Gasteiger partial charge in [-0.2, -0.15) is 0 Å². The van der Waals surface area contributed by atoms with E-state index >= 15 is 0 Å². The van der Waals surface area contributed by atoms with Gasteiger partial charge in [0.1, 0.15) is 11.8 Å². The first-order valence-electron chi connectivity index (χ1n) is 6.02. The molecule has 0 radical (unpaired) electrons. The molecule has 1 rings (SSSR count). The molecule has 1 atom stereocenters. The SMILES string of the molecule is CC(=O)/C=C1/CCN(C(=O)OC(C)(C)C)CC1F. The topological polar surface area (TPSA) is 46.6 Å². The normalized spacial score (nSPS) is 23.1. The van der Waals surface area contributed by atoms with E-state index in [4.69, 9.17) is 4.74 Å². The predicted molar refractivity (Wildman–Crippen MR) is 66.1 cm³/mol. The van der Waals surface area contributed by atoms with Crippen molar-refractivity contribution in [2.45, 2.75) is 45.9 Å². The Morgan fingerprint density at radius 3 is 2.50 bits per heavy atom. The Morgan fingerprint density at radius 2 is 2.06 bits per heavy atom. The van der Waals surface area contributed by atoms with Gasteiger partial charge in [0.25, 0.3) is 0 Å². The van der Waals surface area contributed by atoms with Gasteiger partial charge < -0.3 is 9.64 Å². The average molecular weight is 257 g/mol.